The number of carbonyl (C=O) groups is 1. The molecule has 1 aromatic carbocycles. The van der Waals surface area contributed by atoms with Crippen molar-refractivity contribution in [3.8, 4) is 5.75 Å². The van der Waals surface area contributed by atoms with Crippen LogP contribution in [0.2, 0.25) is 0 Å². The molecule has 0 aliphatic carbocycles. The third-order valence-corrected chi connectivity index (χ3v) is 3.93. The van der Waals surface area contributed by atoms with Gasteiger partial charge >= 0.3 is 0 Å². The van der Waals surface area contributed by atoms with Crippen molar-refractivity contribution in [1.29, 1.82) is 0 Å². The number of rotatable bonds is 5. The molecule has 0 bridgehead atoms. The van der Waals surface area contributed by atoms with Crippen LogP contribution in [0.1, 0.15) is 11.1 Å². The topological polar surface area (TPSA) is 56.1 Å². The maximum absolute atomic E-state index is 13.8. The highest BCUT2D eigenvalue weighted by Crippen LogP contribution is 2.25. The second-order valence-corrected chi connectivity index (χ2v) is 5.71. The Labute approximate surface area is 150 Å². The lowest BCUT2D eigenvalue weighted by atomic mass is 10.1. The van der Waals surface area contributed by atoms with E-state index in [1.165, 1.54) is 19.3 Å². The van der Waals surface area contributed by atoms with E-state index >= 15 is 0 Å². The van der Waals surface area contributed by atoms with Gasteiger partial charge in [-0.25, -0.2) is 9.37 Å². The second kappa shape index (κ2) is 7.23. The number of carbonyl (C=O) groups excluding carboxylic acids is 1. The first kappa shape index (κ1) is 17.4. The second-order valence-electron chi connectivity index (χ2n) is 5.71. The number of fused-ring (bicyclic) bond motifs is 1. The summed E-state index contributed by atoms with van der Waals surface area (Å²) in [5.41, 5.74) is 2.98. The molecule has 0 atom stereocenters. The van der Waals surface area contributed by atoms with Crippen molar-refractivity contribution in [3.63, 3.8) is 0 Å². The normalized spacial score (nSPS) is 11.0. The smallest absolute Gasteiger partial charge is 0.247 e. The zero-order valence-electron chi connectivity index (χ0n) is 14.5. The minimum Gasteiger partial charge on any atom is -0.494 e. The first-order valence-corrected chi connectivity index (χ1v) is 7.92. The van der Waals surface area contributed by atoms with E-state index in [4.69, 9.17) is 4.74 Å². The van der Waals surface area contributed by atoms with Crippen LogP contribution >= 0.6 is 0 Å². The van der Waals surface area contributed by atoms with E-state index in [1.807, 2.05) is 36.0 Å². The number of ether oxygens (including phenoxy) is 1. The molecular formula is C20H18FN3O2. The molecule has 5 nitrogen and oxygen atoms in total. The Morgan fingerprint density at radius 1 is 1.35 bits per heavy atom. The highest BCUT2D eigenvalue weighted by Gasteiger charge is 2.08. The first-order chi connectivity index (χ1) is 12.5. The Morgan fingerprint density at radius 2 is 2.15 bits per heavy atom. The van der Waals surface area contributed by atoms with Crippen LogP contribution < -0.4 is 10.1 Å². The van der Waals surface area contributed by atoms with Crippen LogP contribution in [0.25, 0.3) is 23.2 Å². The van der Waals surface area contributed by atoms with Crippen molar-refractivity contribution in [1.82, 2.24) is 9.55 Å². The monoisotopic (exact) mass is 351 g/mol. The van der Waals surface area contributed by atoms with Gasteiger partial charge in [-0.1, -0.05) is 24.8 Å². The number of pyridine rings is 1. The van der Waals surface area contributed by atoms with Crippen LogP contribution in [0.4, 0.5) is 10.1 Å². The summed E-state index contributed by atoms with van der Waals surface area (Å²) in [4.78, 5) is 15.9. The number of benzene rings is 1. The van der Waals surface area contributed by atoms with Gasteiger partial charge in [0, 0.05) is 24.2 Å². The number of aromatic nitrogens is 2. The Bertz CT molecular complexity index is 1020. The fourth-order valence-electron chi connectivity index (χ4n) is 2.66. The molecule has 0 fully saturated rings. The molecule has 2 heterocycles. The zero-order chi connectivity index (χ0) is 18.7. The molecule has 1 amide bonds. The molecule has 0 spiro atoms. The summed E-state index contributed by atoms with van der Waals surface area (Å²) in [6, 6.07) is 6.62. The van der Waals surface area contributed by atoms with Gasteiger partial charge in [0.1, 0.15) is 5.65 Å². The molecule has 26 heavy (non-hydrogen) atoms. The molecule has 6 heteroatoms. The molecule has 0 radical (unpaired) electrons. The molecule has 1 N–H and O–H groups in total. The van der Waals surface area contributed by atoms with Gasteiger partial charge in [-0.3, -0.25) is 4.79 Å². The fourth-order valence-corrected chi connectivity index (χ4v) is 2.66. The SMILES string of the molecule is C=CC(=O)Nc1cnc2c(c1)c(/C=C/c1ccc(OC)c(F)c1)cn2C. The minimum absolute atomic E-state index is 0.208. The molecule has 132 valence electrons. The van der Waals surface area contributed by atoms with E-state index in [0.717, 1.165) is 16.6 Å². The highest BCUT2D eigenvalue weighted by atomic mass is 19.1. The van der Waals surface area contributed by atoms with Crippen LogP contribution in [-0.4, -0.2) is 22.6 Å². The Kier molecular flexibility index (Phi) is 4.84. The molecule has 3 rings (SSSR count). The van der Waals surface area contributed by atoms with Crippen molar-refractivity contribution in [2.45, 2.75) is 0 Å². The predicted octanol–water partition coefficient (Wildman–Crippen LogP) is 4.02. The van der Waals surface area contributed by atoms with Gasteiger partial charge in [0.2, 0.25) is 5.91 Å². The summed E-state index contributed by atoms with van der Waals surface area (Å²) in [5.74, 6) is -0.504. The average molecular weight is 351 g/mol. The summed E-state index contributed by atoms with van der Waals surface area (Å²) in [6.07, 6.45) is 8.41. The minimum atomic E-state index is -0.413. The summed E-state index contributed by atoms with van der Waals surface area (Å²) >= 11 is 0. The lowest BCUT2D eigenvalue weighted by molar-refractivity contribution is -0.111. The van der Waals surface area contributed by atoms with Crippen molar-refractivity contribution < 1.29 is 13.9 Å². The Morgan fingerprint density at radius 3 is 2.85 bits per heavy atom. The van der Waals surface area contributed by atoms with Gasteiger partial charge in [0.05, 0.1) is 19.0 Å². The van der Waals surface area contributed by atoms with Gasteiger partial charge in [-0.2, -0.15) is 0 Å². The van der Waals surface area contributed by atoms with E-state index < -0.39 is 5.82 Å². The maximum atomic E-state index is 13.8. The van der Waals surface area contributed by atoms with Gasteiger partial charge in [0.25, 0.3) is 0 Å². The highest BCUT2D eigenvalue weighted by molar-refractivity contribution is 6.00. The molecule has 0 aliphatic rings. The van der Waals surface area contributed by atoms with Gasteiger partial charge in [-0.15, -0.1) is 0 Å². The van der Waals surface area contributed by atoms with Gasteiger partial charge in [0.15, 0.2) is 11.6 Å². The lowest BCUT2D eigenvalue weighted by Gasteiger charge is -2.03. The number of methoxy groups -OCH3 is 1. The summed E-state index contributed by atoms with van der Waals surface area (Å²) in [6.45, 7) is 3.44. The zero-order valence-corrected chi connectivity index (χ0v) is 14.5. The standard InChI is InChI=1S/C20H18FN3O2/c1-4-19(25)23-15-10-16-14(12-24(2)20(16)22-11-15)7-5-13-6-8-18(26-3)17(21)9-13/h4-12H,1H2,2-3H3,(H,23,25)/b7-5+. The fraction of sp³-hybridized carbons (Fsp3) is 0.100. The molecule has 0 aliphatic heterocycles. The summed E-state index contributed by atoms with van der Waals surface area (Å²) in [7, 11) is 3.32. The maximum Gasteiger partial charge on any atom is 0.247 e. The number of nitrogens with zero attached hydrogens (tertiary/aromatic N) is 2. The summed E-state index contributed by atoms with van der Waals surface area (Å²) in [5, 5.41) is 3.57. The lowest BCUT2D eigenvalue weighted by Crippen LogP contribution is -2.07. The van der Waals surface area contributed by atoms with E-state index in [1.54, 1.807) is 18.3 Å². The van der Waals surface area contributed by atoms with Crippen molar-refractivity contribution in [2.24, 2.45) is 7.05 Å². The molecular weight excluding hydrogens is 333 g/mol. The number of nitrogens with one attached hydrogen (secondary N) is 1. The van der Waals surface area contributed by atoms with Crippen LogP contribution in [0.5, 0.6) is 5.75 Å². The molecule has 2 aromatic heterocycles. The van der Waals surface area contributed by atoms with Gasteiger partial charge in [-0.05, 0) is 29.8 Å². The number of anilines is 1. The Balaban J connectivity index is 1.96. The summed E-state index contributed by atoms with van der Waals surface area (Å²) < 4.78 is 20.6. The third-order valence-electron chi connectivity index (χ3n) is 3.93. The molecule has 0 saturated carbocycles. The number of hydrogen-bond acceptors (Lipinski definition) is 3. The number of halogens is 1. The Hall–Kier alpha value is -3.41. The molecule has 3 aromatic rings. The number of hydrogen-bond donors (Lipinski definition) is 1. The number of aryl methyl sites for hydroxylation is 1. The quantitative estimate of drug-likeness (QED) is 0.707. The van der Waals surface area contributed by atoms with Crippen LogP contribution in [-0.2, 0) is 11.8 Å². The van der Waals surface area contributed by atoms with E-state index in [-0.39, 0.29) is 11.7 Å². The van der Waals surface area contributed by atoms with Crippen molar-refractivity contribution in [2.75, 3.05) is 12.4 Å². The van der Waals surface area contributed by atoms with E-state index in [9.17, 15) is 9.18 Å². The first-order valence-electron chi connectivity index (χ1n) is 7.92. The predicted molar refractivity (Wildman–Crippen MR) is 101 cm³/mol. The van der Waals surface area contributed by atoms with Gasteiger partial charge < -0.3 is 14.6 Å². The van der Waals surface area contributed by atoms with Crippen LogP contribution in [0.3, 0.4) is 0 Å². The van der Waals surface area contributed by atoms with E-state index in [2.05, 4.69) is 16.9 Å². The average Bonchev–Trinajstić information content (AvgIpc) is 2.95. The van der Waals surface area contributed by atoms with Crippen LogP contribution in [0.15, 0.2) is 49.3 Å². The number of amides is 1. The largest absolute Gasteiger partial charge is 0.494 e. The van der Waals surface area contributed by atoms with Crippen LogP contribution in [0, 0.1) is 5.82 Å². The van der Waals surface area contributed by atoms with Crippen molar-refractivity contribution in [3.05, 3.63) is 66.3 Å². The third kappa shape index (κ3) is 3.49. The van der Waals surface area contributed by atoms with E-state index in [0.29, 0.717) is 11.3 Å². The van der Waals surface area contributed by atoms with Crippen molar-refractivity contribution >= 4 is 34.8 Å². The molecule has 0 unspecified atom stereocenters. The molecule has 0 saturated heterocycles.